The van der Waals surface area contributed by atoms with Crippen LogP contribution in [0.15, 0.2) is 6.20 Å². The highest BCUT2D eigenvalue weighted by Gasteiger charge is 2.26. The molecule has 7 nitrogen and oxygen atoms in total. The number of hydrogen-bond donors (Lipinski definition) is 2. The zero-order valence-electron chi connectivity index (χ0n) is 11.2. The number of carbonyl (C=O) groups is 2. The predicted molar refractivity (Wildman–Crippen MR) is 70.4 cm³/mol. The number of nitrogen functional groups attached to an aromatic ring is 1. The van der Waals surface area contributed by atoms with Gasteiger partial charge in [-0.15, -0.1) is 0 Å². The molecule has 1 heterocycles. The first-order valence-corrected chi connectivity index (χ1v) is 6.39. The lowest BCUT2D eigenvalue weighted by Crippen LogP contribution is -2.40. The topological polar surface area (TPSA) is 93.2 Å². The van der Waals surface area contributed by atoms with Crippen LogP contribution in [-0.4, -0.2) is 46.1 Å². The van der Waals surface area contributed by atoms with Crippen LogP contribution in [0.3, 0.4) is 0 Å². The molecule has 1 aromatic heterocycles. The van der Waals surface area contributed by atoms with Crippen molar-refractivity contribution in [3.05, 3.63) is 11.9 Å². The average molecular weight is 265 g/mol. The second-order valence-corrected chi connectivity index (χ2v) is 4.77. The van der Waals surface area contributed by atoms with E-state index >= 15 is 0 Å². The van der Waals surface area contributed by atoms with Crippen LogP contribution in [0, 0.1) is 0 Å². The number of hydrogen-bond acceptors (Lipinski definition) is 4. The van der Waals surface area contributed by atoms with Gasteiger partial charge in [-0.1, -0.05) is 0 Å². The van der Waals surface area contributed by atoms with Crippen molar-refractivity contribution >= 4 is 17.5 Å². The molecule has 3 N–H and O–H groups in total. The molecule has 1 aromatic rings. The van der Waals surface area contributed by atoms with Gasteiger partial charge in [-0.05, 0) is 19.8 Å². The van der Waals surface area contributed by atoms with Gasteiger partial charge in [-0.25, -0.2) is 0 Å². The molecule has 0 bridgehead atoms. The summed E-state index contributed by atoms with van der Waals surface area (Å²) >= 11 is 0. The number of nitrogens with one attached hydrogen (secondary N) is 1. The smallest absolute Gasteiger partial charge is 0.274 e. The zero-order chi connectivity index (χ0) is 14.0. The summed E-state index contributed by atoms with van der Waals surface area (Å²) in [7, 11) is 1.58. The molecule has 104 valence electrons. The number of rotatable bonds is 5. The molecular formula is C12H19N5O2. The third-order valence-electron chi connectivity index (χ3n) is 3.04. The molecule has 0 saturated heterocycles. The molecule has 0 radical (unpaired) electrons. The molecule has 2 rings (SSSR count). The van der Waals surface area contributed by atoms with Crippen molar-refractivity contribution in [1.29, 1.82) is 0 Å². The minimum Gasteiger partial charge on any atom is -0.396 e. The Morgan fingerprint density at radius 3 is 2.84 bits per heavy atom. The van der Waals surface area contributed by atoms with Crippen molar-refractivity contribution in [3.8, 4) is 0 Å². The number of aromatic nitrogens is 2. The third kappa shape index (κ3) is 3.04. The van der Waals surface area contributed by atoms with Crippen LogP contribution in [-0.2, 0) is 11.3 Å². The molecule has 1 aliphatic rings. The number of likely N-dealkylation sites (N-methyl/N-ethyl adjacent to an activating group) is 1. The Balaban J connectivity index is 2.01. The summed E-state index contributed by atoms with van der Waals surface area (Å²) in [5.41, 5.74) is 6.42. The van der Waals surface area contributed by atoms with Crippen molar-refractivity contribution in [3.63, 3.8) is 0 Å². The Morgan fingerprint density at radius 2 is 2.26 bits per heavy atom. The number of amides is 2. The minimum atomic E-state index is -0.289. The van der Waals surface area contributed by atoms with Gasteiger partial charge in [0.05, 0.1) is 18.4 Å². The summed E-state index contributed by atoms with van der Waals surface area (Å²) in [5, 5.41) is 6.86. The van der Waals surface area contributed by atoms with E-state index in [1.54, 1.807) is 7.05 Å². The van der Waals surface area contributed by atoms with Gasteiger partial charge in [0.2, 0.25) is 5.91 Å². The average Bonchev–Trinajstić information content (AvgIpc) is 3.09. The lowest BCUT2D eigenvalue weighted by atomic mass is 10.3. The fourth-order valence-electron chi connectivity index (χ4n) is 1.84. The molecule has 2 amide bonds. The van der Waals surface area contributed by atoms with Gasteiger partial charge in [0.15, 0.2) is 0 Å². The van der Waals surface area contributed by atoms with Gasteiger partial charge in [0, 0.05) is 19.6 Å². The number of nitrogens with zero attached hydrogens (tertiary/aromatic N) is 3. The molecule has 1 fully saturated rings. The highest BCUT2D eigenvalue weighted by molar-refractivity contribution is 5.99. The van der Waals surface area contributed by atoms with E-state index in [-0.39, 0.29) is 18.4 Å². The maximum atomic E-state index is 12.2. The SMILES string of the molecule is CCn1ncc(N)c1C(=O)N(C)CC(=O)NC1CC1. The summed E-state index contributed by atoms with van der Waals surface area (Å²) in [6, 6.07) is 0.294. The van der Waals surface area contributed by atoms with E-state index in [0.29, 0.717) is 24.0 Å². The maximum absolute atomic E-state index is 12.2. The van der Waals surface area contributed by atoms with Crippen LogP contribution in [0.4, 0.5) is 5.69 Å². The molecule has 0 spiro atoms. The van der Waals surface area contributed by atoms with E-state index in [9.17, 15) is 9.59 Å². The molecule has 0 atom stereocenters. The van der Waals surface area contributed by atoms with Crippen molar-refractivity contribution in [1.82, 2.24) is 20.0 Å². The van der Waals surface area contributed by atoms with Crippen LogP contribution in [0.25, 0.3) is 0 Å². The summed E-state index contributed by atoms with van der Waals surface area (Å²) in [6.45, 7) is 2.47. The van der Waals surface area contributed by atoms with Crippen molar-refractivity contribution in [2.45, 2.75) is 32.4 Å². The van der Waals surface area contributed by atoms with Gasteiger partial charge < -0.3 is 16.0 Å². The Labute approximate surface area is 111 Å². The van der Waals surface area contributed by atoms with Crippen LogP contribution in [0.5, 0.6) is 0 Å². The van der Waals surface area contributed by atoms with Crippen LogP contribution in [0.2, 0.25) is 0 Å². The van der Waals surface area contributed by atoms with Crippen molar-refractivity contribution < 1.29 is 9.59 Å². The van der Waals surface area contributed by atoms with Gasteiger partial charge >= 0.3 is 0 Å². The normalized spacial score (nSPS) is 14.2. The number of anilines is 1. The molecule has 0 unspecified atom stereocenters. The summed E-state index contributed by atoms with van der Waals surface area (Å²) < 4.78 is 1.53. The number of aryl methyl sites for hydroxylation is 1. The monoisotopic (exact) mass is 265 g/mol. The fraction of sp³-hybridized carbons (Fsp3) is 0.583. The summed E-state index contributed by atoms with van der Waals surface area (Å²) in [4.78, 5) is 25.3. The molecular weight excluding hydrogens is 246 g/mol. The van der Waals surface area contributed by atoms with Gasteiger partial charge in [0.1, 0.15) is 5.69 Å². The maximum Gasteiger partial charge on any atom is 0.274 e. The van der Waals surface area contributed by atoms with E-state index in [0.717, 1.165) is 12.8 Å². The lowest BCUT2D eigenvalue weighted by molar-refractivity contribution is -0.121. The second kappa shape index (κ2) is 5.29. The summed E-state index contributed by atoms with van der Waals surface area (Å²) in [5.74, 6) is -0.428. The first-order chi connectivity index (χ1) is 9.02. The number of carbonyl (C=O) groups excluding carboxylic acids is 2. The molecule has 0 aromatic carbocycles. The largest absolute Gasteiger partial charge is 0.396 e. The quantitative estimate of drug-likeness (QED) is 0.773. The molecule has 19 heavy (non-hydrogen) atoms. The van der Waals surface area contributed by atoms with Crippen LogP contribution in [0.1, 0.15) is 30.3 Å². The fourth-order valence-corrected chi connectivity index (χ4v) is 1.84. The molecule has 1 saturated carbocycles. The lowest BCUT2D eigenvalue weighted by Gasteiger charge is -2.17. The second-order valence-electron chi connectivity index (χ2n) is 4.77. The Hall–Kier alpha value is -2.05. The van der Waals surface area contributed by atoms with E-state index in [1.165, 1.54) is 15.8 Å². The van der Waals surface area contributed by atoms with Crippen molar-refractivity contribution in [2.24, 2.45) is 0 Å². The van der Waals surface area contributed by atoms with Gasteiger partial charge in [-0.2, -0.15) is 5.10 Å². The van der Waals surface area contributed by atoms with Gasteiger partial charge in [-0.3, -0.25) is 14.3 Å². The van der Waals surface area contributed by atoms with Gasteiger partial charge in [0.25, 0.3) is 5.91 Å². The van der Waals surface area contributed by atoms with E-state index in [4.69, 9.17) is 5.73 Å². The highest BCUT2D eigenvalue weighted by atomic mass is 16.2. The Morgan fingerprint density at radius 1 is 1.58 bits per heavy atom. The Bertz CT molecular complexity index is 492. The first kappa shape index (κ1) is 13.4. The minimum absolute atomic E-state index is 0.0314. The number of nitrogens with two attached hydrogens (primary N) is 1. The summed E-state index contributed by atoms with van der Waals surface area (Å²) in [6.07, 6.45) is 3.51. The zero-order valence-corrected chi connectivity index (χ0v) is 11.2. The predicted octanol–water partition coefficient (Wildman–Crippen LogP) is -0.164. The van der Waals surface area contributed by atoms with Crippen LogP contribution < -0.4 is 11.1 Å². The van der Waals surface area contributed by atoms with Crippen molar-refractivity contribution in [2.75, 3.05) is 19.3 Å². The Kier molecular flexibility index (Phi) is 3.73. The first-order valence-electron chi connectivity index (χ1n) is 6.39. The standard InChI is InChI=1S/C12H19N5O2/c1-3-17-11(9(13)6-14-17)12(19)16(2)7-10(18)15-8-4-5-8/h6,8H,3-5,7,13H2,1-2H3,(H,15,18). The highest BCUT2D eigenvalue weighted by Crippen LogP contribution is 2.18. The molecule has 0 aliphatic heterocycles. The van der Waals surface area contributed by atoms with E-state index < -0.39 is 0 Å². The van der Waals surface area contributed by atoms with Crippen LogP contribution >= 0.6 is 0 Å². The van der Waals surface area contributed by atoms with E-state index in [1.807, 2.05) is 6.92 Å². The third-order valence-corrected chi connectivity index (χ3v) is 3.04. The molecule has 7 heteroatoms. The molecule has 1 aliphatic carbocycles. The van der Waals surface area contributed by atoms with E-state index in [2.05, 4.69) is 10.4 Å².